The number of likely N-dealkylation sites (N-methyl/N-ethyl adjacent to an activating group) is 1. The molecule has 0 spiro atoms. The summed E-state index contributed by atoms with van der Waals surface area (Å²) in [4.78, 5) is 29.8. The van der Waals surface area contributed by atoms with Crippen LogP contribution in [0.4, 0.5) is 5.69 Å². The zero-order valence-electron chi connectivity index (χ0n) is 17.4. The van der Waals surface area contributed by atoms with Gasteiger partial charge in [0.2, 0.25) is 21.8 Å². The predicted octanol–water partition coefficient (Wildman–Crippen LogP) is 2.53. The summed E-state index contributed by atoms with van der Waals surface area (Å²) in [5, 5.41) is 7.29. The average molecular weight is 473 g/mol. The number of rotatable bonds is 4. The summed E-state index contributed by atoms with van der Waals surface area (Å²) >= 11 is 6.17. The number of benzene rings is 2. The van der Waals surface area contributed by atoms with E-state index in [-0.39, 0.29) is 17.0 Å². The van der Waals surface area contributed by atoms with Gasteiger partial charge in [-0.1, -0.05) is 35.9 Å². The fraction of sp³-hybridized carbons (Fsp3) is 0.227. The van der Waals surface area contributed by atoms with Crippen molar-refractivity contribution < 1.29 is 18.0 Å². The minimum atomic E-state index is -4.00. The van der Waals surface area contributed by atoms with Gasteiger partial charge in [0.05, 0.1) is 28.7 Å². The van der Waals surface area contributed by atoms with Crippen LogP contribution in [0.2, 0.25) is 5.02 Å². The second-order valence-electron chi connectivity index (χ2n) is 7.78. The zero-order chi connectivity index (χ0) is 23.1. The zero-order valence-corrected chi connectivity index (χ0v) is 19.0. The number of hydrogen-bond donors (Lipinski definition) is 2. The van der Waals surface area contributed by atoms with E-state index in [0.29, 0.717) is 10.7 Å². The number of fused-ring (bicyclic) bond motifs is 2. The summed E-state index contributed by atoms with van der Waals surface area (Å²) in [5.74, 6) is -0.914. The summed E-state index contributed by atoms with van der Waals surface area (Å²) in [7, 11) is -2.57. The van der Waals surface area contributed by atoms with Gasteiger partial charge in [-0.3, -0.25) is 14.6 Å². The van der Waals surface area contributed by atoms with Crippen molar-refractivity contribution in [2.24, 2.45) is 0 Å². The number of hydrogen-bond acceptors (Lipinski definition) is 5. The number of aromatic nitrogens is 1. The average Bonchev–Trinajstić information content (AvgIpc) is 2.77. The van der Waals surface area contributed by atoms with Gasteiger partial charge in [0.15, 0.2) is 0 Å². The van der Waals surface area contributed by atoms with Gasteiger partial charge in [-0.15, -0.1) is 0 Å². The number of amides is 2. The number of carbonyl (C=O) groups excluding carboxylic acids is 2. The van der Waals surface area contributed by atoms with Gasteiger partial charge in [0.25, 0.3) is 0 Å². The highest BCUT2D eigenvalue weighted by Gasteiger charge is 2.48. The Hall–Kier alpha value is -3.01. The normalized spacial score (nSPS) is 19.8. The van der Waals surface area contributed by atoms with E-state index in [1.165, 1.54) is 25.2 Å². The maximum atomic E-state index is 13.6. The van der Waals surface area contributed by atoms with Crippen LogP contribution < -0.4 is 10.6 Å². The van der Waals surface area contributed by atoms with Crippen molar-refractivity contribution in [1.29, 1.82) is 0 Å². The maximum Gasteiger partial charge on any atom is 0.243 e. The molecule has 166 valence electrons. The standard InChI is InChI=1S/C22H21ClN4O4S/c1-22(21(29)26-18-11-25-10-14-5-3-4-6-16(14)18)13-27(12-20(28)24-2)32(30,31)19-8-7-15(23)9-17(19)22/h3-11H,12-13H2,1-2H3,(H,24,28)(H,26,29). The highest BCUT2D eigenvalue weighted by molar-refractivity contribution is 7.89. The fourth-order valence-corrected chi connectivity index (χ4v) is 5.84. The van der Waals surface area contributed by atoms with Gasteiger partial charge in [-0.05, 0) is 30.7 Å². The topological polar surface area (TPSA) is 108 Å². The third kappa shape index (κ3) is 3.72. The highest BCUT2D eigenvalue weighted by atomic mass is 35.5. The second-order valence-corrected chi connectivity index (χ2v) is 10.1. The van der Waals surface area contributed by atoms with E-state index in [4.69, 9.17) is 11.6 Å². The van der Waals surface area contributed by atoms with Crippen LogP contribution in [0.1, 0.15) is 12.5 Å². The number of anilines is 1. The Morgan fingerprint density at radius 3 is 2.69 bits per heavy atom. The maximum absolute atomic E-state index is 13.6. The van der Waals surface area contributed by atoms with Crippen molar-refractivity contribution in [3.63, 3.8) is 0 Å². The minimum Gasteiger partial charge on any atom is -0.358 e. The smallest absolute Gasteiger partial charge is 0.243 e. The van der Waals surface area contributed by atoms with Crippen LogP contribution in [0, 0.1) is 0 Å². The van der Waals surface area contributed by atoms with Gasteiger partial charge in [0.1, 0.15) is 0 Å². The molecule has 0 saturated carbocycles. The van der Waals surface area contributed by atoms with Crippen molar-refractivity contribution in [1.82, 2.24) is 14.6 Å². The molecule has 2 N–H and O–H groups in total. The quantitative estimate of drug-likeness (QED) is 0.606. The first kappa shape index (κ1) is 22.2. The van der Waals surface area contributed by atoms with E-state index in [1.807, 2.05) is 24.3 Å². The molecule has 1 aromatic heterocycles. The van der Waals surface area contributed by atoms with Crippen molar-refractivity contribution in [2.45, 2.75) is 17.2 Å². The minimum absolute atomic E-state index is 0.0502. The second kappa shape index (κ2) is 8.16. The molecule has 1 aliphatic rings. The molecule has 0 radical (unpaired) electrons. The number of carbonyl (C=O) groups is 2. The summed E-state index contributed by atoms with van der Waals surface area (Å²) in [5.41, 5.74) is -0.524. The highest BCUT2D eigenvalue weighted by Crippen LogP contribution is 2.40. The Kier molecular flexibility index (Phi) is 5.66. The molecule has 2 amide bonds. The Balaban J connectivity index is 1.81. The summed E-state index contributed by atoms with van der Waals surface area (Å²) in [6, 6.07) is 11.8. The SMILES string of the molecule is CNC(=O)CN1CC(C)(C(=O)Nc2cncc3ccccc23)c2cc(Cl)ccc2S1(=O)=O. The van der Waals surface area contributed by atoms with Crippen LogP contribution >= 0.6 is 11.6 Å². The summed E-state index contributed by atoms with van der Waals surface area (Å²) in [6.45, 7) is 1.02. The number of sulfonamides is 1. The molecule has 0 bridgehead atoms. The van der Waals surface area contributed by atoms with Crippen molar-refractivity contribution in [2.75, 3.05) is 25.5 Å². The first-order valence-electron chi connectivity index (χ1n) is 9.82. The van der Waals surface area contributed by atoms with Crippen LogP contribution in [-0.4, -0.2) is 49.7 Å². The fourth-order valence-electron chi connectivity index (χ4n) is 3.87. The lowest BCUT2D eigenvalue weighted by Crippen LogP contribution is -2.55. The molecule has 0 fully saturated rings. The largest absolute Gasteiger partial charge is 0.358 e. The van der Waals surface area contributed by atoms with Gasteiger partial charge in [-0.25, -0.2) is 8.42 Å². The third-order valence-corrected chi connectivity index (χ3v) is 7.75. The first-order chi connectivity index (χ1) is 15.2. The number of nitrogens with one attached hydrogen (secondary N) is 2. The third-order valence-electron chi connectivity index (χ3n) is 5.66. The molecule has 4 rings (SSSR count). The lowest BCUT2D eigenvalue weighted by molar-refractivity contribution is -0.124. The molecule has 1 unspecified atom stereocenters. The first-order valence-corrected chi connectivity index (χ1v) is 11.6. The number of nitrogens with zero attached hydrogens (tertiary/aromatic N) is 2. The number of pyridine rings is 1. The predicted molar refractivity (Wildman–Crippen MR) is 122 cm³/mol. The lowest BCUT2D eigenvalue weighted by atomic mass is 9.80. The molecule has 8 nitrogen and oxygen atoms in total. The van der Waals surface area contributed by atoms with Gasteiger partial charge in [-0.2, -0.15) is 4.31 Å². The van der Waals surface area contributed by atoms with E-state index >= 15 is 0 Å². The summed E-state index contributed by atoms with van der Waals surface area (Å²) in [6.07, 6.45) is 3.24. The van der Waals surface area contributed by atoms with Crippen molar-refractivity contribution >= 4 is 49.9 Å². The van der Waals surface area contributed by atoms with Crippen LogP contribution in [0.25, 0.3) is 10.8 Å². The van der Waals surface area contributed by atoms with Crippen LogP contribution in [0.3, 0.4) is 0 Å². The van der Waals surface area contributed by atoms with Crippen LogP contribution in [0.15, 0.2) is 59.8 Å². The monoisotopic (exact) mass is 472 g/mol. The van der Waals surface area contributed by atoms with Crippen molar-refractivity contribution in [3.05, 3.63) is 65.4 Å². The molecule has 1 atom stereocenters. The molecular weight excluding hydrogens is 452 g/mol. The lowest BCUT2D eigenvalue weighted by Gasteiger charge is -2.40. The molecular formula is C22H21ClN4O4S. The van der Waals surface area contributed by atoms with Gasteiger partial charge >= 0.3 is 0 Å². The molecule has 2 heterocycles. The molecule has 3 aromatic rings. The van der Waals surface area contributed by atoms with Crippen LogP contribution in [0.5, 0.6) is 0 Å². The Morgan fingerprint density at radius 1 is 1.19 bits per heavy atom. The Labute approximate surface area is 190 Å². The van der Waals surface area contributed by atoms with Gasteiger partial charge in [0, 0.05) is 35.6 Å². The van der Waals surface area contributed by atoms with Gasteiger partial charge < -0.3 is 10.6 Å². The molecule has 2 aromatic carbocycles. The molecule has 32 heavy (non-hydrogen) atoms. The van der Waals surface area contributed by atoms with Crippen LogP contribution in [-0.2, 0) is 25.0 Å². The Bertz CT molecular complexity index is 1340. The molecule has 1 aliphatic heterocycles. The number of halogens is 1. The van der Waals surface area contributed by atoms with E-state index in [0.717, 1.165) is 15.1 Å². The molecule has 0 saturated heterocycles. The summed E-state index contributed by atoms with van der Waals surface area (Å²) < 4.78 is 27.4. The van der Waals surface area contributed by atoms with E-state index in [9.17, 15) is 18.0 Å². The molecule has 10 heteroatoms. The Morgan fingerprint density at radius 2 is 1.94 bits per heavy atom. The molecule has 0 aliphatic carbocycles. The van der Waals surface area contributed by atoms with E-state index in [1.54, 1.807) is 19.3 Å². The van der Waals surface area contributed by atoms with E-state index in [2.05, 4.69) is 15.6 Å². The van der Waals surface area contributed by atoms with E-state index < -0.39 is 33.8 Å². The van der Waals surface area contributed by atoms with Crippen molar-refractivity contribution in [3.8, 4) is 0 Å².